The minimum atomic E-state index is 0.135. The van der Waals surface area contributed by atoms with E-state index in [1.165, 1.54) is 4.70 Å². The van der Waals surface area contributed by atoms with Crippen LogP contribution >= 0.6 is 11.3 Å². The SMILES string of the molecule is COCCCOC1CCN(C(=O)c2ccc3sccc3c2)CC1. The molecule has 2 heterocycles. The number of piperidine rings is 1. The number of benzene rings is 1. The van der Waals surface area contributed by atoms with E-state index in [1.54, 1.807) is 18.4 Å². The maximum Gasteiger partial charge on any atom is 0.253 e. The lowest BCUT2D eigenvalue weighted by atomic mass is 10.1. The van der Waals surface area contributed by atoms with Gasteiger partial charge in [-0.3, -0.25) is 4.79 Å². The van der Waals surface area contributed by atoms with E-state index in [2.05, 4.69) is 11.4 Å². The summed E-state index contributed by atoms with van der Waals surface area (Å²) in [6, 6.07) is 8.05. The topological polar surface area (TPSA) is 38.8 Å². The Morgan fingerprint density at radius 1 is 1.26 bits per heavy atom. The van der Waals surface area contributed by atoms with Gasteiger partial charge in [-0.1, -0.05) is 0 Å². The summed E-state index contributed by atoms with van der Waals surface area (Å²) in [6.45, 7) is 3.02. The largest absolute Gasteiger partial charge is 0.385 e. The van der Waals surface area contributed by atoms with Gasteiger partial charge in [0.2, 0.25) is 0 Å². The average Bonchev–Trinajstić information content (AvgIpc) is 3.06. The highest BCUT2D eigenvalue weighted by molar-refractivity contribution is 7.17. The van der Waals surface area contributed by atoms with Crippen molar-refractivity contribution in [2.24, 2.45) is 0 Å². The summed E-state index contributed by atoms with van der Waals surface area (Å²) >= 11 is 1.70. The Hall–Kier alpha value is -1.43. The lowest BCUT2D eigenvalue weighted by Gasteiger charge is -2.32. The van der Waals surface area contributed by atoms with Crippen LogP contribution in [0.5, 0.6) is 0 Å². The molecule has 0 saturated carbocycles. The molecule has 0 unspecified atom stereocenters. The minimum absolute atomic E-state index is 0.135. The first-order valence-corrected chi connectivity index (χ1v) is 9.03. The van der Waals surface area contributed by atoms with E-state index in [1.807, 2.05) is 23.1 Å². The van der Waals surface area contributed by atoms with E-state index >= 15 is 0 Å². The molecule has 0 aliphatic carbocycles. The number of fused-ring (bicyclic) bond motifs is 1. The van der Waals surface area contributed by atoms with E-state index < -0.39 is 0 Å². The number of ether oxygens (including phenoxy) is 2. The molecule has 0 bridgehead atoms. The lowest BCUT2D eigenvalue weighted by molar-refractivity contribution is 0.00189. The molecule has 4 nitrogen and oxygen atoms in total. The second-order valence-corrected chi connectivity index (χ2v) is 6.83. The molecule has 1 aromatic heterocycles. The molecule has 0 radical (unpaired) electrons. The molecule has 3 rings (SSSR count). The van der Waals surface area contributed by atoms with Gasteiger partial charge in [-0.2, -0.15) is 0 Å². The van der Waals surface area contributed by atoms with Gasteiger partial charge in [0.15, 0.2) is 0 Å². The van der Waals surface area contributed by atoms with Crippen LogP contribution in [0.25, 0.3) is 10.1 Å². The molecule has 2 aromatic rings. The van der Waals surface area contributed by atoms with Crippen molar-refractivity contribution >= 4 is 27.3 Å². The van der Waals surface area contributed by atoms with Crippen LogP contribution in [0.15, 0.2) is 29.6 Å². The van der Waals surface area contributed by atoms with Gasteiger partial charge in [0.1, 0.15) is 0 Å². The predicted molar refractivity (Wildman–Crippen MR) is 93.2 cm³/mol. The Labute approximate surface area is 141 Å². The summed E-state index contributed by atoms with van der Waals surface area (Å²) in [5.41, 5.74) is 0.787. The zero-order valence-electron chi connectivity index (χ0n) is 13.5. The zero-order chi connectivity index (χ0) is 16.1. The Kier molecular flexibility index (Phi) is 5.65. The van der Waals surface area contributed by atoms with E-state index in [0.717, 1.165) is 56.5 Å². The highest BCUT2D eigenvalue weighted by atomic mass is 32.1. The van der Waals surface area contributed by atoms with Gasteiger partial charge in [-0.15, -0.1) is 11.3 Å². The van der Waals surface area contributed by atoms with E-state index in [4.69, 9.17) is 9.47 Å². The Morgan fingerprint density at radius 2 is 2.09 bits per heavy atom. The molecular formula is C18H23NO3S. The third-order valence-corrected chi connectivity index (χ3v) is 5.17. The average molecular weight is 333 g/mol. The van der Waals surface area contributed by atoms with Crippen LogP contribution in [0, 0.1) is 0 Å². The van der Waals surface area contributed by atoms with Crippen LogP contribution in [0.3, 0.4) is 0 Å². The zero-order valence-corrected chi connectivity index (χ0v) is 14.3. The van der Waals surface area contributed by atoms with Crippen molar-refractivity contribution < 1.29 is 14.3 Å². The molecule has 23 heavy (non-hydrogen) atoms. The minimum Gasteiger partial charge on any atom is -0.385 e. The van der Waals surface area contributed by atoms with Crippen LogP contribution < -0.4 is 0 Å². The second-order valence-electron chi connectivity index (χ2n) is 5.88. The highest BCUT2D eigenvalue weighted by Crippen LogP contribution is 2.23. The molecule has 5 heteroatoms. The molecule has 0 spiro atoms. The molecule has 1 aromatic carbocycles. The first kappa shape index (κ1) is 16.4. The second kappa shape index (κ2) is 7.90. The third-order valence-electron chi connectivity index (χ3n) is 4.27. The standard InChI is InChI=1S/C18H23NO3S/c1-21-10-2-11-22-16-5-8-19(9-6-16)18(20)15-3-4-17-14(13-15)7-12-23-17/h3-4,7,12-13,16H,2,5-6,8-11H2,1H3. The number of amides is 1. The molecule has 1 fully saturated rings. The number of hydrogen-bond acceptors (Lipinski definition) is 4. The van der Waals surface area contributed by atoms with Gasteiger partial charge < -0.3 is 14.4 Å². The first-order valence-electron chi connectivity index (χ1n) is 8.15. The summed E-state index contributed by atoms with van der Waals surface area (Å²) in [5, 5.41) is 3.21. The Bertz CT molecular complexity index is 647. The van der Waals surface area contributed by atoms with Gasteiger partial charge in [0, 0.05) is 43.7 Å². The van der Waals surface area contributed by atoms with Gasteiger partial charge in [-0.05, 0) is 54.3 Å². The lowest BCUT2D eigenvalue weighted by Crippen LogP contribution is -2.41. The quantitative estimate of drug-likeness (QED) is 0.759. The fourth-order valence-electron chi connectivity index (χ4n) is 2.96. The van der Waals surface area contributed by atoms with Gasteiger partial charge in [0.05, 0.1) is 6.10 Å². The number of carbonyl (C=O) groups excluding carboxylic acids is 1. The van der Waals surface area contributed by atoms with Crippen LogP contribution in [-0.4, -0.2) is 50.3 Å². The summed E-state index contributed by atoms with van der Waals surface area (Å²) in [5.74, 6) is 0.135. The van der Waals surface area contributed by atoms with Crippen molar-refractivity contribution in [2.45, 2.75) is 25.4 Å². The smallest absolute Gasteiger partial charge is 0.253 e. The number of nitrogens with zero attached hydrogens (tertiary/aromatic N) is 1. The number of thiophene rings is 1. The monoisotopic (exact) mass is 333 g/mol. The Morgan fingerprint density at radius 3 is 2.87 bits per heavy atom. The van der Waals surface area contributed by atoms with Crippen molar-refractivity contribution in [2.75, 3.05) is 33.4 Å². The summed E-state index contributed by atoms with van der Waals surface area (Å²) < 4.78 is 12.1. The number of rotatable bonds is 6. The first-order chi connectivity index (χ1) is 11.3. The molecule has 124 valence electrons. The van der Waals surface area contributed by atoms with Crippen molar-refractivity contribution in [3.05, 3.63) is 35.2 Å². The molecule has 1 aliphatic rings. The molecule has 0 atom stereocenters. The van der Waals surface area contributed by atoms with Crippen LogP contribution in [0.2, 0.25) is 0 Å². The van der Waals surface area contributed by atoms with Crippen molar-refractivity contribution in [1.29, 1.82) is 0 Å². The molecule has 1 amide bonds. The fourth-order valence-corrected chi connectivity index (χ4v) is 3.73. The summed E-state index contributed by atoms with van der Waals surface area (Å²) in [4.78, 5) is 14.6. The summed E-state index contributed by atoms with van der Waals surface area (Å²) in [6.07, 6.45) is 3.03. The van der Waals surface area contributed by atoms with Crippen molar-refractivity contribution in [3.8, 4) is 0 Å². The Balaban J connectivity index is 1.51. The van der Waals surface area contributed by atoms with Crippen molar-refractivity contribution in [1.82, 2.24) is 4.90 Å². The fraction of sp³-hybridized carbons (Fsp3) is 0.500. The number of likely N-dealkylation sites (tertiary alicyclic amines) is 1. The van der Waals surface area contributed by atoms with E-state index in [0.29, 0.717) is 0 Å². The number of hydrogen-bond donors (Lipinski definition) is 0. The highest BCUT2D eigenvalue weighted by Gasteiger charge is 2.24. The third kappa shape index (κ3) is 4.10. The summed E-state index contributed by atoms with van der Waals surface area (Å²) in [7, 11) is 1.71. The van der Waals surface area contributed by atoms with E-state index in [9.17, 15) is 4.79 Å². The number of methoxy groups -OCH3 is 1. The van der Waals surface area contributed by atoms with Crippen LogP contribution in [-0.2, 0) is 9.47 Å². The van der Waals surface area contributed by atoms with Crippen molar-refractivity contribution in [3.63, 3.8) is 0 Å². The van der Waals surface area contributed by atoms with Gasteiger partial charge in [0.25, 0.3) is 5.91 Å². The molecule has 1 aliphatic heterocycles. The van der Waals surface area contributed by atoms with Gasteiger partial charge in [-0.25, -0.2) is 0 Å². The maximum absolute atomic E-state index is 12.6. The maximum atomic E-state index is 12.6. The normalized spacial score (nSPS) is 16.1. The van der Waals surface area contributed by atoms with Crippen LogP contribution in [0.1, 0.15) is 29.6 Å². The van der Waals surface area contributed by atoms with Gasteiger partial charge >= 0.3 is 0 Å². The molecular weight excluding hydrogens is 310 g/mol. The van der Waals surface area contributed by atoms with Crippen LogP contribution in [0.4, 0.5) is 0 Å². The number of carbonyl (C=O) groups is 1. The molecule has 1 saturated heterocycles. The predicted octanol–water partition coefficient (Wildman–Crippen LogP) is 3.56. The van der Waals surface area contributed by atoms with E-state index in [-0.39, 0.29) is 12.0 Å². The molecule has 0 N–H and O–H groups in total.